The Morgan fingerprint density at radius 2 is 1.71 bits per heavy atom. The molecule has 6 heteroatoms. The molecule has 0 saturated carbocycles. The Balaban J connectivity index is 2.11. The Hall–Kier alpha value is -2.53. The normalized spacial score (nSPS) is 10.6. The second kappa shape index (κ2) is 5.46. The standard InChI is InChI=1S/C15H9ClFN3O/c16-11-7-10(1-2-12(11)17)13-8-14(21)20-15(19-13)9-3-5-18-6-4-9/h1-8H,(H,19,20,21). The Morgan fingerprint density at radius 1 is 0.952 bits per heavy atom. The molecule has 0 unspecified atom stereocenters. The van der Waals surface area contributed by atoms with E-state index in [1.165, 1.54) is 18.2 Å². The van der Waals surface area contributed by atoms with E-state index in [0.717, 1.165) is 5.56 Å². The molecule has 1 N–H and O–H groups in total. The van der Waals surface area contributed by atoms with E-state index in [1.807, 2.05) is 0 Å². The van der Waals surface area contributed by atoms with Gasteiger partial charge in [0.15, 0.2) is 5.82 Å². The maximum absolute atomic E-state index is 13.2. The molecule has 0 bridgehead atoms. The average molecular weight is 302 g/mol. The molecule has 3 aromatic rings. The van der Waals surface area contributed by atoms with Gasteiger partial charge in [0.25, 0.3) is 0 Å². The first-order chi connectivity index (χ1) is 10.1. The van der Waals surface area contributed by atoms with Crippen LogP contribution in [0.4, 0.5) is 4.39 Å². The summed E-state index contributed by atoms with van der Waals surface area (Å²) in [6.07, 6.45) is 3.22. The molecule has 0 aliphatic carbocycles. The van der Waals surface area contributed by atoms with Gasteiger partial charge in [0.05, 0.1) is 10.7 Å². The van der Waals surface area contributed by atoms with Crippen molar-refractivity contribution in [2.75, 3.05) is 0 Å². The van der Waals surface area contributed by atoms with Crippen LogP contribution in [0.5, 0.6) is 5.88 Å². The Bertz CT molecular complexity index is 796. The van der Waals surface area contributed by atoms with Gasteiger partial charge >= 0.3 is 0 Å². The Kier molecular flexibility index (Phi) is 3.50. The van der Waals surface area contributed by atoms with Crippen LogP contribution >= 0.6 is 11.6 Å². The number of pyridine rings is 1. The van der Waals surface area contributed by atoms with Crippen molar-refractivity contribution in [3.05, 3.63) is 59.6 Å². The summed E-state index contributed by atoms with van der Waals surface area (Å²) in [5.41, 5.74) is 1.76. The molecule has 3 rings (SSSR count). The van der Waals surface area contributed by atoms with Crippen LogP contribution in [0.15, 0.2) is 48.8 Å². The lowest BCUT2D eigenvalue weighted by atomic mass is 10.1. The molecule has 0 fully saturated rings. The molecule has 0 atom stereocenters. The minimum Gasteiger partial charge on any atom is -0.493 e. The van der Waals surface area contributed by atoms with E-state index in [1.54, 1.807) is 30.6 Å². The molecule has 0 aliphatic rings. The van der Waals surface area contributed by atoms with Crippen molar-refractivity contribution in [1.29, 1.82) is 0 Å². The fourth-order valence-electron chi connectivity index (χ4n) is 1.87. The summed E-state index contributed by atoms with van der Waals surface area (Å²) >= 11 is 5.77. The summed E-state index contributed by atoms with van der Waals surface area (Å²) in [5.74, 6) is -0.326. The van der Waals surface area contributed by atoms with Crippen molar-refractivity contribution in [1.82, 2.24) is 15.0 Å². The second-order valence-electron chi connectivity index (χ2n) is 4.30. The molecule has 0 radical (unpaired) electrons. The molecule has 0 aliphatic heterocycles. The quantitative estimate of drug-likeness (QED) is 0.784. The lowest BCUT2D eigenvalue weighted by molar-refractivity contribution is 0.453. The first-order valence-electron chi connectivity index (χ1n) is 6.07. The number of hydrogen-bond donors (Lipinski definition) is 1. The van der Waals surface area contributed by atoms with Gasteiger partial charge < -0.3 is 5.11 Å². The summed E-state index contributed by atoms with van der Waals surface area (Å²) in [5, 5.41) is 9.76. The molecule has 2 heterocycles. The zero-order valence-electron chi connectivity index (χ0n) is 10.7. The minimum absolute atomic E-state index is 0.00365. The van der Waals surface area contributed by atoms with E-state index in [0.29, 0.717) is 17.1 Å². The van der Waals surface area contributed by atoms with Crippen molar-refractivity contribution < 1.29 is 9.50 Å². The fourth-order valence-corrected chi connectivity index (χ4v) is 2.05. The van der Waals surface area contributed by atoms with Gasteiger partial charge in [0, 0.05) is 29.6 Å². The highest BCUT2D eigenvalue weighted by molar-refractivity contribution is 6.31. The second-order valence-corrected chi connectivity index (χ2v) is 4.71. The third-order valence-electron chi connectivity index (χ3n) is 2.87. The first-order valence-corrected chi connectivity index (χ1v) is 6.45. The van der Waals surface area contributed by atoms with Crippen LogP contribution in [-0.2, 0) is 0 Å². The minimum atomic E-state index is -0.506. The van der Waals surface area contributed by atoms with Gasteiger partial charge in [0.1, 0.15) is 5.82 Å². The van der Waals surface area contributed by atoms with E-state index >= 15 is 0 Å². The number of halogens is 2. The highest BCUT2D eigenvalue weighted by atomic mass is 35.5. The lowest BCUT2D eigenvalue weighted by Crippen LogP contribution is -1.93. The molecular weight excluding hydrogens is 293 g/mol. The molecular formula is C15H9ClFN3O. The number of hydrogen-bond acceptors (Lipinski definition) is 4. The van der Waals surface area contributed by atoms with Gasteiger partial charge in [-0.05, 0) is 30.3 Å². The number of benzene rings is 1. The summed E-state index contributed by atoms with van der Waals surface area (Å²) in [6.45, 7) is 0. The highest BCUT2D eigenvalue weighted by Gasteiger charge is 2.09. The van der Waals surface area contributed by atoms with Gasteiger partial charge in [-0.1, -0.05) is 11.6 Å². The largest absolute Gasteiger partial charge is 0.493 e. The highest BCUT2D eigenvalue weighted by Crippen LogP contribution is 2.27. The number of rotatable bonds is 2. The monoisotopic (exact) mass is 301 g/mol. The topological polar surface area (TPSA) is 58.9 Å². The zero-order chi connectivity index (χ0) is 14.8. The molecule has 104 valence electrons. The summed E-state index contributed by atoms with van der Waals surface area (Å²) in [4.78, 5) is 12.3. The molecule has 1 aromatic carbocycles. The summed E-state index contributed by atoms with van der Waals surface area (Å²) in [6, 6.07) is 9.11. The van der Waals surface area contributed by atoms with E-state index in [4.69, 9.17) is 11.6 Å². The predicted molar refractivity (Wildman–Crippen MR) is 77.3 cm³/mol. The number of aromatic nitrogens is 3. The number of aromatic hydroxyl groups is 1. The lowest BCUT2D eigenvalue weighted by Gasteiger charge is -2.06. The van der Waals surface area contributed by atoms with Crippen LogP contribution in [-0.4, -0.2) is 20.1 Å². The number of nitrogens with zero attached hydrogens (tertiary/aromatic N) is 3. The van der Waals surface area contributed by atoms with Crippen LogP contribution in [0.2, 0.25) is 5.02 Å². The van der Waals surface area contributed by atoms with Crippen molar-refractivity contribution in [2.45, 2.75) is 0 Å². The van der Waals surface area contributed by atoms with Crippen LogP contribution in [0.25, 0.3) is 22.6 Å². The smallest absolute Gasteiger partial charge is 0.214 e. The van der Waals surface area contributed by atoms with Crippen LogP contribution in [0.1, 0.15) is 0 Å². The molecule has 0 spiro atoms. The van der Waals surface area contributed by atoms with E-state index < -0.39 is 5.82 Å². The Labute approximate surface area is 124 Å². The van der Waals surface area contributed by atoms with Crippen molar-refractivity contribution in [2.24, 2.45) is 0 Å². The molecule has 0 amide bonds. The Morgan fingerprint density at radius 3 is 2.43 bits per heavy atom. The summed E-state index contributed by atoms with van der Waals surface area (Å²) < 4.78 is 13.2. The maximum atomic E-state index is 13.2. The molecule has 4 nitrogen and oxygen atoms in total. The summed E-state index contributed by atoms with van der Waals surface area (Å²) in [7, 11) is 0. The fraction of sp³-hybridized carbons (Fsp3) is 0. The maximum Gasteiger partial charge on any atom is 0.214 e. The van der Waals surface area contributed by atoms with Crippen molar-refractivity contribution >= 4 is 11.6 Å². The van der Waals surface area contributed by atoms with Gasteiger partial charge in [-0.15, -0.1) is 0 Å². The molecule has 0 saturated heterocycles. The first kappa shape index (κ1) is 13.5. The van der Waals surface area contributed by atoms with E-state index in [2.05, 4.69) is 15.0 Å². The molecule has 21 heavy (non-hydrogen) atoms. The SMILES string of the molecule is Oc1cc(-c2ccc(F)c(Cl)c2)nc(-c2ccncc2)n1. The third kappa shape index (κ3) is 2.83. The third-order valence-corrected chi connectivity index (χ3v) is 3.16. The van der Waals surface area contributed by atoms with Crippen molar-refractivity contribution in [3.8, 4) is 28.5 Å². The van der Waals surface area contributed by atoms with Gasteiger partial charge in [0.2, 0.25) is 5.88 Å². The predicted octanol–water partition coefficient (Wildman–Crippen LogP) is 3.70. The van der Waals surface area contributed by atoms with E-state index in [9.17, 15) is 9.50 Å². The van der Waals surface area contributed by atoms with Gasteiger partial charge in [-0.3, -0.25) is 4.98 Å². The van der Waals surface area contributed by atoms with Crippen LogP contribution in [0.3, 0.4) is 0 Å². The van der Waals surface area contributed by atoms with Crippen molar-refractivity contribution in [3.63, 3.8) is 0 Å². The van der Waals surface area contributed by atoms with Crippen LogP contribution in [0, 0.1) is 5.82 Å². The van der Waals surface area contributed by atoms with Gasteiger partial charge in [-0.2, -0.15) is 4.98 Å². The van der Waals surface area contributed by atoms with Gasteiger partial charge in [-0.25, -0.2) is 9.37 Å². The van der Waals surface area contributed by atoms with E-state index in [-0.39, 0.29) is 10.9 Å². The average Bonchev–Trinajstić information content (AvgIpc) is 2.50. The zero-order valence-corrected chi connectivity index (χ0v) is 11.4. The molecule has 2 aromatic heterocycles. The van der Waals surface area contributed by atoms with Crippen LogP contribution < -0.4 is 0 Å².